The normalized spacial score (nSPS) is 12.7. The van der Waals surface area contributed by atoms with E-state index < -0.39 is 0 Å². The molecule has 4 nitrogen and oxygen atoms in total. The van der Waals surface area contributed by atoms with Gasteiger partial charge in [-0.2, -0.15) is 0 Å². The Morgan fingerprint density at radius 2 is 2.05 bits per heavy atom. The van der Waals surface area contributed by atoms with Gasteiger partial charge in [-0.25, -0.2) is 4.98 Å². The molecule has 3 aromatic rings. The second kappa shape index (κ2) is 5.13. The van der Waals surface area contributed by atoms with E-state index in [2.05, 4.69) is 24.9 Å². The fourth-order valence-corrected chi connectivity index (χ4v) is 2.33. The van der Waals surface area contributed by atoms with E-state index in [1.807, 2.05) is 12.1 Å². The van der Waals surface area contributed by atoms with Crippen LogP contribution in [0.2, 0.25) is 0 Å². The van der Waals surface area contributed by atoms with Crippen molar-refractivity contribution in [2.45, 2.75) is 26.2 Å². The molecule has 1 unspecified atom stereocenters. The van der Waals surface area contributed by atoms with E-state index in [1.54, 1.807) is 18.2 Å². The molecule has 108 valence electrons. The summed E-state index contributed by atoms with van der Waals surface area (Å²) in [6, 6.07) is 10.9. The Morgan fingerprint density at radius 1 is 1.24 bits per heavy atom. The summed E-state index contributed by atoms with van der Waals surface area (Å²) in [7, 11) is 0. The van der Waals surface area contributed by atoms with Crippen molar-refractivity contribution in [1.29, 1.82) is 0 Å². The minimum absolute atomic E-state index is 0.109. The van der Waals surface area contributed by atoms with Crippen molar-refractivity contribution >= 4 is 16.8 Å². The van der Waals surface area contributed by atoms with E-state index in [9.17, 15) is 5.11 Å². The summed E-state index contributed by atoms with van der Waals surface area (Å²) in [6.07, 6.45) is 1.08. The number of rotatable bonds is 3. The molecule has 3 N–H and O–H groups in total. The third-order valence-corrected chi connectivity index (χ3v) is 3.84. The van der Waals surface area contributed by atoms with Crippen LogP contribution in [-0.2, 0) is 0 Å². The second-order valence-electron chi connectivity index (χ2n) is 5.33. The molecule has 21 heavy (non-hydrogen) atoms. The number of oxazole rings is 1. The van der Waals surface area contributed by atoms with Crippen LogP contribution in [0.4, 0.5) is 5.69 Å². The number of aromatic nitrogens is 1. The highest BCUT2D eigenvalue weighted by Gasteiger charge is 2.14. The van der Waals surface area contributed by atoms with Crippen LogP contribution in [0.5, 0.6) is 5.75 Å². The summed E-state index contributed by atoms with van der Waals surface area (Å²) >= 11 is 0. The molecule has 0 bridgehead atoms. The van der Waals surface area contributed by atoms with Crippen LogP contribution < -0.4 is 5.73 Å². The lowest BCUT2D eigenvalue weighted by Gasteiger charge is -2.07. The second-order valence-corrected chi connectivity index (χ2v) is 5.33. The molecule has 0 saturated carbocycles. The first kappa shape index (κ1) is 13.5. The molecule has 4 heteroatoms. The van der Waals surface area contributed by atoms with Crippen LogP contribution in [-0.4, -0.2) is 10.1 Å². The van der Waals surface area contributed by atoms with E-state index in [0.717, 1.165) is 11.9 Å². The minimum atomic E-state index is 0.109. The molecule has 0 aliphatic carbocycles. The van der Waals surface area contributed by atoms with Crippen LogP contribution in [0.3, 0.4) is 0 Å². The van der Waals surface area contributed by atoms with Gasteiger partial charge in [-0.15, -0.1) is 0 Å². The molecule has 0 amide bonds. The first-order chi connectivity index (χ1) is 10.1. The number of benzene rings is 2. The van der Waals surface area contributed by atoms with E-state index in [1.165, 1.54) is 5.56 Å². The van der Waals surface area contributed by atoms with Crippen molar-refractivity contribution in [1.82, 2.24) is 4.98 Å². The smallest absolute Gasteiger partial charge is 0.231 e. The molecule has 0 fully saturated rings. The van der Waals surface area contributed by atoms with Gasteiger partial charge in [0.15, 0.2) is 5.58 Å². The Kier molecular flexibility index (Phi) is 3.29. The number of hydrogen-bond donors (Lipinski definition) is 2. The lowest BCUT2D eigenvalue weighted by Crippen LogP contribution is -1.90. The number of phenolic OH excluding ortho intramolecular Hbond substituents is 1. The maximum Gasteiger partial charge on any atom is 0.231 e. The van der Waals surface area contributed by atoms with Crippen molar-refractivity contribution in [3.8, 4) is 17.2 Å². The quantitative estimate of drug-likeness (QED) is 0.555. The summed E-state index contributed by atoms with van der Waals surface area (Å²) < 4.78 is 5.73. The van der Waals surface area contributed by atoms with Gasteiger partial charge >= 0.3 is 0 Å². The predicted molar refractivity (Wildman–Crippen MR) is 84.2 cm³/mol. The maximum absolute atomic E-state index is 9.94. The van der Waals surface area contributed by atoms with Gasteiger partial charge in [-0.05, 0) is 48.2 Å². The van der Waals surface area contributed by atoms with E-state index >= 15 is 0 Å². The molecule has 0 aliphatic heterocycles. The molecule has 3 rings (SSSR count). The topological polar surface area (TPSA) is 72.3 Å². The summed E-state index contributed by atoms with van der Waals surface area (Å²) in [5.41, 5.74) is 9.57. The Labute approximate surface area is 123 Å². The first-order valence-corrected chi connectivity index (χ1v) is 7.08. The molecular weight excluding hydrogens is 264 g/mol. The van der Waals surface area contributed by atoms with Crippen LogP contribution in [0.25, 0.3) is 22.6 Å². The number of nitrogens with zero attached hydrogens (tertiary/aromatic N) is 1. The zero-order valence-corrected chi connectivity index (χ0v) is 12.1. The van der Waals surface area contributed by atoms with Gasteiger partial charge in [0.2, 0.25) is 5.89 Å². The molecule has 1 atom stereocenters. The Hall–Kier alpha value is -2.49. The first-order valence-electron chi connectivity index (χ1n) is 7.08. The number of hydrogen-bond acceptors (Lipinski definition) is 4. The number of aromatic hydroxyl groups is 1. The van der Waals surface area contributed by atoms with Crippen LogP contribution in [0.15, 0.2) is 40.8 Å². The van der Waals surface area contributed by atoms with Gasteiger partial charge in [0, 0.05) is 5.69 Å². The summed E-state index contributed by atoms with van der Waals surface area (Å²) in [5, 5.41) is 9.94. The third-order valence-electron chi connectivity index (χ3n) is 3.84. The highest BCUT2D eigenvalue weighted by molar-refractivity contribution is 5.79. The Balaban J connectivity index is 2.10. The largest absolute Gasteiger partial charge is 0.507 e. The monoisotopic (exact) mass is 282 g/mol. The Bertz CT molecular complexity index is 793. The van der Waals surface area contributed by atoms with Crippen molar-refractivity contribution in [2.75, 3.05) is 5.73 Å². The molecule has 2 aromatic carbocycles. The average Bonchev–Trinajstić information content (AvgIpc) is 2.91. The number of fused-ring (bicyclic) bond motifs is 1. The fourth-order valence-electron chi connectivity index (χ4n) is 2.33. The molecular formula is C17H18N2O2. The van der Waals surface area contributed by atoms with Gasteiger partial charge in [0.1, 0.15) is 11.3 Å². The van der Waals surface area contributed by atoms with Crippen LogP contribution >= 0.6 is 0 Å². The number of nitrogens with two attached hydrogens (primary N) is 1. The van der Waals surface area contributed by atoms with Gasteiger partial charge < -0.3 is 15.3 Å². The van der Waals surface area contributed by atoms with Crippen molar-refractivity contribution in [2.24, 2.45) is 0 Å². The van der Waals surface area contributed by atoms with Gasteiger partial charge in [-0.1, -0.05) is 19.9 Å². The number of phenols is 1. The maximum atomic E-state index is 9.94. The highest BCUT2D eigenvalue weighted by Crippen LogP contribution is 2.33. The summed E-state index contributed by atoms with van der Waals surface area (Å²) in [6.45, 7) is 4.35. The van der Waals surface area contributed by atoms with Crippen molar-refractivity contribution in [3.63, 3.8) is 0 Å². The van der Waals surface area contributed by atoms with Crippen LogP contribution in [0, 0.1) is 0 Å². The van der Waals surface area contributed by atoms with Crippen molar-refractivity contribution < 1.29 is 9.52 Å². The number of nitrogen functional groups attached to an aromatic ring is 1. The highest BCUT2D eigenvalue weighted by atomic mass is 16.3. The standard InChI is InChI=1S/C17H18N2O2/c1-3-10(2)11-4-7-16-14(8-11)19-17(21-16)13-9-12(18)5-6-15(13)20/h4-10,20H,3,18H2,1-2H3. The van der Waals surface area contributed by atoms with Crippen LogP contribution in [0.1, 0.15) is 31.7 Å². The van der Waals surface area contributed by atoms with Gasteiger partial charge in [-0.3, -0.25) is 0 Å². The van der Waals surface area contributed by atoms with E-state index in [4.69, 9.17) is 10.2 Å². The lowest BCUT2D eigenvalue weighted by molar-refractivity contribution is 0.474. The predicted octanol–water partition coefficient (Wildman–Crippen LogP) is 4.30. The molecule has 0 aliphatic rings. The van der Waals surface area contributed by atoms with E-state index in [-0.39, 0.29) is 5.75 Å². The SMILES string of the molecule is CCC(C)c1ccc2oc(-c3cc(N)ccc3O)nc2c1. The number of anilines is 1. The van der Waals surface area contributed by atoms with Crippen molar-refractivity contribution in [3.05, 3.63) is 42.0 Å². The summed E-state index contributed by atoms with van der Waals surface area (Å²) in [5.74, 6) is 0.976. The lowest BCUT2D eigenvalue weighted by atomic mass is 9.98. The minimum Gasteiger partial charge on any atom is -0.507 e. The molecule has 0 saturated heterocycles. The molecule has 1 aromatic heterocycles. The Morgan fingerprint density at radius 3 is 2.81 bits per heavy atom. The molecule has 0 spiro atoms. The van der Waals surface area contributed by atoms with Gasteiger partial charge in [0.25, 0.3) is 0 Å². The molecule has 0 radical (unpaired) electrons. The zero-order valence-electron chi connectivity index (χ0n) is 12.1. The fraction of sp³-hybridized carbons (Fsp3) is 0.235. The van der Waals surface area contributed by atoms with Gasteiger partial charge in [0.05, 0.1) is 5.56 Å². The molecule has 1 heterocycles. The third kappa shape index (κ3) is 2.44. The average molecular weight is 282 g/mol. The van der Waals surface area contributed by atoms with E-state index in [0.29, 0.717) is 28.6 Å². The zero-order chi connectivity index (χ0) is 15.0. The summed E-state index contributed by atoms with van der Waals surface area (Å²) in [4.78, 5) is 4.48.